The summed E-state index contributed by atoms with van der Waals surface area (Å²) in [5, 5.41) is 6.86. The van der Waals surface area contributed by atoms with E-state index in [-0.39, 0.29) is 23.7 Å². The number of nitrogens with one attached hydrogen (secondary N) is 2. The number of amides is 2. The average Bonchev–Trinajstić information content (AvgIpc) is 3.37. The third kappa shape index (κ3) is 4.08. The molecule has 0 bridgehead atoms. The molecule has 4 nitrogen and oxygen atoms in total. The first kappa shape index (κ1) is 16.8. The van der Waals surface area contributed by atoms with Crippen LogP contribution in [0.15, 0.2) is 48.5 Å². The lowest BCUT2D eigenvalue weighted by Crippen LogP contribution is -2.27. The van der Waals surface area contributed by atoms with Gasteiger partial charge in [0.25, 0.3) is 0 Å². The van der Waals surface area contributed by atoms with Crippen LogP contribution in [-0.2, 0) is 16.1 Å². The highest BCUT2D eigenvalue weighted by Gasteiger charge is 2.47. The highest BCUT2D eigenvalue weighted by atomic mass is 35.5. The molecule has 1 saturated carbocycles. The van der Waals surface area contributed by atoms with Crippen molar-refractivity contribution in [3.8, 4) is 0 Å². The molecule has 0 saturated heterocycles. The molecule has 1 aliphatic rings. The second kappa shape index (κ2) is 7.24. The normalized spacial score (nSPS) is 18.8. The van der Waals surface area contributed by atoms with Gasteiger partial charge in [-0.2, -0.15) is 0 Å². The van der Waals surface area contributed by atoms with E-state index >= 15 is 0 Å². The van der Waals surface area contributed by atoms with Crippen LogP contribution in [0, 0.1) is 11.8 Å². The van der Waals surface area contributed by atoms with Crippen LogP contribution in [0.5, 0.6) is 0 Å². The van der Waals surface area contributed by atoms with Gasteiger partial charge in [-0.3, -0.25) is 9.59 Å². The van der Waals surface area contributed by atoms with Crippen LogP contribution in [0.2, 0.25) is 10.0 Å². The SMILES string of the molecule is O=C(NCc1ccccc1Cl)C1CC1C(=O)Nc1ccc(Cl)cc1. The lowest BCUT2D eigenvalue weighted by molar-refractivity contribution is -0.125. The van der Waals surface area contributed by atoms with E-state index in [4.69, 9.17) is 23.2 Å². The Labute approximate surface area is 150 Å². The van der Waals surface area contributed by atoms with Crippen LogP contribution in [0.3, 0.4) is 0 Å². The molecule has 2 amide bonds. The van der Waals surface area contributed by atoms with Crippen molar-refractivity contribution >= 4 is 40.7 Å². The Morgan fingerprint density at radius 3 is 2.33 bits per heavy atom. The van der Waals surface area contributed by atoms with Crippen molar-refractivity contribution in [2.45, 2.75) is 13.0 Å². The minimum absolute atomic E-state index is 0.119. The number of anilines is 1. The summed E-state index contributed by atoms with van der Waals surface area (Å²) in [6.07, 6.45) is 0.563. The lowest BCUT2D eigenvalue weighted by Gasteiger charge is -2.07. The van der Waals surface area contributed by atoms with Crippen LogP contribution < -0.4 is 10.6 Å². The molecule has 0 aliphatic heterocycles. The zero-order valence-corrected chi connectivity index (χ0v) is 14.3. The zero-order chi connectivity index (χ0) is 17.1. The summed E-state index contributed by atoms with van der Waals surface area (Å²) in [5.41, 5.74) is 1.53. The first-order valence-corrected chi connectivity index (χ1v) is 8.38. The number of carbonyl (C=O) groups excluding carboxylic acids is 2. The van der Waals surface area contributed by atoms with Gasteiger partial charge in [-0.15, -0.1) is 0 Å². The Hall–Kier alpha value is -2.04. The molecule has 2 atom stereocenters. The molecule has 1 aliphatic carbocycles. The number of hydrogen-bond donors (Lipinski definition) is 2. The van der Waals surface area contributed by atoms with Gasteiger partial charge < -0.3 is 10.6 Å². The summed E-state index contributed by atoms with van der Waals surface area (Å²) in [6.45, 7) is 0.362. The Bertz CT molecular complexity index is 762. The third-order valence-electron chi connectivity index (χ3n) is 3.99. The second-order valence-electron chi connectivity index (χ2n) is 5.75. The fourth-order valence-corrected chi connectivity index (χ4v) is 2.83. The lowest BCUT2D eigenvalue weighted by atomic mass is 10.2. The van der Waals surface area contributed by atoms with E-state index in [9.17, 15) is 9.59 Å². The Kier molecular flexibility index (Phi) is 5.07. The first-order chi connectivity index (χ1) is 11.5. The van der Waals surface area contributed by atoms with Gasteiger partial charge in [0, 0.05) is 22.3 Å². The summed E-state index contributed by atoms with van der Waals surface area (Å²) in [4.78, 5) is 24.3. The molecule has 0 aromatic heterocycles. The number of rotatable bonds is 5. The van der Waals surface area contributed by atoms with Crippen LogP contribution in [0.4, 0.5) is 5.69 Å². The molecule has 0 spiro atoms. The molecule has 2 unspecified atom stereocenters. The minimum Gasteiger partial charge on any atom is -0.352 e. The topological polar surface area (TPSA) is 58.2 Å². The Morgan fingerprint density at radius 2 is 1.62 bits per heavy atom. The molecule has 2 N–H and O–H groups in total. The van der Waals surface area contributed by atoms with Gasteiger partial charge in [0.05, 0.1) is 11.8 Å². The number of benzene rings is 2. The van der Waals surface area contributed by atoms with E-state index in [0.29, 0.717) is 28.7 Å². The number of hydrogen-bond acceptors (Lipinski definition) is 2. The largest absolute Gasteiger partial charge is 0.352 e. The van der Waals surface area contributed by atoms with Gasteiger partial charge in [0.2, 0.25) is 11.8 Å². The molecule has 3 rings (SSSR count). The van der Waals surface area contributed by atoms with E-state index < -0.39 is 0 Å². The molecule has 2 aromatic carbocycles. The number of halogens is 2. The predicted octanol–water partition coefficient (Wildman–Crippen LogP) is 3.88. The van der Waals surface area contributed by atoms with Crippen LogP contribution in [0.25, 0.3) is 0 Å². The van der Waals surface area contributed by atoms with Gasteiger partial charge in [0.15, 0.2) is 0 Å². The maximum atomic E-state index is 12.2. The van der Waals surface area contributed by atoms with E-state index in [1.54, 1.807) is 30.3 Å². The summed E-state index contributed by atoms with van der Waals surface area (Å²) in [5.74, 6) is -0.826. The van der Waals surface area contributed by atoms with Crippen molar-refractivity contribution in [1.29, 1.82) is 0 Å². The van der Waals surface area contributed by atoms with Gasteiger partial charge >= 0.3 is 0 Å². The summed E-state index contributed by atoms with van der Waals surface area (Å²) in [7, 11) is 0. The fraction of sp³-hybridized carbons (Fsp3) is 0.222. The van der Waals surface area contributed by atoms with Gasteiger partial charge in [-0.1, -0.05) is 41.4 Å². The van der Waals surface area contributed by atoms with Gasteiger partial charge in [-0.25, -0.2) is 0 Å². The van der Waals surface area contributed by atoms with Gasteiger partial charge in [0.1, 0.15) is 0 Å². The fourth-order valence-electron chi connectivity index (χ4n) is 2.50. The zero-order valence-electron chi connectivity index (χ0n) is 12.8. The quantitative estimate of drug-likeness (QED) is 0.847. The molecule has 6 heteroatoms. The van der Waals surface area contributed by atoms with Crippen LogP contribution in [0.1, 0.15) is 12.0 Å². The molecule has 1 fully saturated rings. The van der Waals surface area contributed by atoms with Crippen molar-refractivity contribution < 1.29 is 9.59 Å². The second-order valence-corrected chi connectivity index (χ2v) is 6.60. The molecular weight excluding hydrogens is 347 g/mol. The predicted molar refractivity (Wildman–Crippen MR) is 95.0 cm³/mol. The molecular formula is C18H16Cl2N2O2. The van der Waals surface area contributed by atoms with Crippen molar-refractivity contribution in [1.82, 2.24) is 5.32 Å². The highest BCUT2D eigenvalue weighted by molar-refractivity contribution is 6.31. The maximum absolute atomic E-state index is 12.2. The first-order valence-electron chi connectivity index (χ1n) is 7.62. The Balaban J connectivity index is 1.49. The maximum Gasteiger partial charge on any atom is 0.228 e. The monoisotopic (exact) mass is 362 g/mol. The van der Waals surface area contributed by atoms with Crippen LogP contribution in [-0.4, -0.2) is 11.8 Å². The smallest absolute Gasteiger partial charge is 0.228 e. The van der Waals surface area contributed by atoms with Crippen molar-refractivity contribution in [3.63, 3.8) is 0 Å². The molecule has 124 valence electrons. The summed E-state index contributed by atoms with van der Waals surface area (Å²) in [6, 6.07) is 14.2. The van der Waals surface area contributed by atoms with E-state index in [1.165, 1.54) is 0 Å². The summed E-state index contributed by atoms with van der Waals surface area (Å²) >= 11 is 11.9. The van der Waals surface area contributed by atoms with E-state index in [1.807, 2.05) is 18.2 Å². The molecule has 2 aromatic rings. The third-order valence-corrected chi connectivity index (χ3v) is 4.61. The van der Waals surface area contributed by atoms with Crippen LogP contribution >= 0.6 is 23.2 Å². The Morgan fingerprint density at radius 1 is 0.958 bits per heavy atom. The van der Waals surface area contributed by atoms with Crippen molar-refractivity contribution in [2.24, 2.45) is 11.8 Å². The van der Waals surface area contributed by atoms with E-state index in [2.05, 4.69) is 10.6 Å². The minimum atomic E-state index is -0.285. The summed E-state index contributed by atoms with van der Waals surface area (Å²) < 4.78 is 0. The van der Waals surface area contributed by atoms with Gasteiger partial charge in [-0.05, 0) is 42.3 Å². The molecule has 0 heterocycles. The number of carbonyl (C=O) groups is 2. The molecule has 24 heavy (non-hydrogen) atoms. The van der Waals surface area contributed by atoms with E-state index in [0.717, 1.165) is 5.56 Å². The molecule has 0 radical (unpaired) electrons. The van der Waals surface area contributed by atoms with Crippen molar-refractivity contribution in [2.75, 3.05) is 5.32 Å². The average molecular weight is 363 g/mol. The van der Waals surface area contributed by atoms with Crippen molar-refractivity contribution in [3.05, 3.63) is 64.1 Å². The standard InChI is InChI=1S/C18H16Cl2N2O2/c19-12-5-7-13(8-6-12)22-18(24)15-9-14(15)17(23)21-10-11-3-1-2-4-16(11)20/h1-8,14-15H,9-10H2,(H,21,23)(H,22,24). The highest BCUT2D eigenvalue weighted by Crippen LogP contribution is 2.39.